The second-order valence-electron chi connectivity index (χ2n) is 10.2. The molecule has 182 valence electrons. The average molecular weight is 470 g/mol. The number of aryl methyl sites for hydroxylation is 2. The minimum absolute atomic E-state index is 0.0410. The van der Waals surface area contributed by atoms with Gasteiger partial charge in [0.1, 0.15) is 0 Å². The van der Waals surface area contributed by atoms with Crippen molar-refractivity contribution in [3.8, 4) is 5.69 Å². The Bertz CT molecular complexity index is 1250. The van der Waals surface area contributed by atoms with Crippen LogP contribution in [-0.2, 0) is 7.05 Å². The van der Waals surface area contributed by atoms with Gasteiger partial charge in [-0.25, -0.2) is 14.2 Å². The molecule has 3 aromatic rings. The summed E-state index contributed by atoms with van der Waals surface area (Å²) in [6, 6.07) is 5.51. The van der Waals surface area contributed by atoms with Crippen LogP contribution in [0.15, 0.2) is 29.2 Å². The van der Waals surface area contributed by atoms with E-state index in [1.807, 2.05) is 19.1 Å². The molecule has 0 saturated carbocycles. The second-order valence-corrected chi connectivity index (χ2v) is 10.2. The Morgan fingerprint density at radius 2 is 1.76 bits per heavy atom. The first kappa shape index (κ1) is 23.8. The van der Waals surface area contributed by atoms with E-state index in [4.69, 9.17) is 0 Å². The van der Waals surface area contributed by atoms with Gasteiger partial charge in [-0.1, -0.05) is 6.07 Å². The van der Waals surface area contributed by atoms with E-state index in [1.165, 1.54) is 11.7 Å². The number of aromatic nitrogens is 6. The summed E-state index contributed by atoms with van der Waals surface area (Å²) in [6.07, 6.45) is 2.87. The van der Waals surface area contributed by atoms with E-state index in [1.54, 1.807) is 6.07 Å². The van der Waals surface area contributed by atoms with E-state index >= 15 is 0 Å². The monoisotopic (exact) mass is 469 g/mol. The lowest BCUT2D eigenvalue weighted by molar-refractivity contribution is -0.00778. The predicted octanol–water partition coefficient (Wildman–Crippen LogP) is 3.01. The normalized spacial score (nSPS) is 18.1. The average Bonchev–Trinajstić information content (AvgIpc) is 3.08. The molecular weight excluding hydrogens is 437 g/mol. The molecule has 0 spiro atoms. The lowest BCUT2D eigenvalue weighted by Crippen LogP contribution is -2.61. The van der Waals surface area contributed by atoms with Crippen LogP contribution in [0.3, 0.4) is 0 Å². The number of hydrogen-bond acceptors (Lipinski definition) is 8. The van der Waals surface area contributed by atoms with Crippen molar-refractivity contribution in [2.75, 3.05) is 17.7 Å². The number of nitrogens with one attached hydrogen (secondary N) is 2. The number of halogens is 1. The van der Waals surface area contributed by atoms with Crippen molar-refractivity contribution in [2.45, 2.75) is 64.6 Å². The number of nitrogens with zero attached hydrogens (tertiary/aromatic N) is 7. The number of anilines is 3. The third-order valence-corrected chi connectivity index (χ3v) is 6.81. The standard InChI is InChI=1S/C23H32FN9O/c1-14-8-9-15(10-18(14)33-21(34)31(6)29-30-33)27-20-25-13-17(24)19(28-20)26-16-11-22(2,3)32(7)23(4,5)12-16/h8-10,13,16H,11-12H2,1-7H3,(H2,25,26,27,28). The zero-order valence-electron chi connectivity index (χ0n) is 20.7. The van der Waals surface area contributed by atoms with Gasteiger partial charge >= 0.3 is 5.69 Å². The van der Waals surface area contributed by atoms with Gasteiger partial charge in [0.05, 0.1) is 11.9 Å². The molecule has 0 aliphatic carbocycles. The SMILES string of the molecule is Cc1ccc(Nc2ncc(F)c(NC3CC(C)(C)N(C)C(C)(C)C3)n2)cc1-n1nnn(C)c1=O. The van der Waals surface area contributed by atoms with Gasteiger partial charge in [0, 0.05) is 29.9 Å². The Morgan fingerprint density at radius 3 is 2.38 bits per heavy atom. The van der Waals surface area contributed by atoms with Crippen LogP contribution >= 0.6 is 0 Å². The molecule has 1 aliphatic rings. The molecule has 4 rings (SSSR count). The van der Waals surface area contributed by atoms with Gasteiger partial charge in [-0.05, 0) is 82.6 Å². The van der Waals surface area contributed by atoms with E-state index in [2.05, 4.69) is 70.7 Å². The van der Waals surface area contributed by atoms with Crippen molar-refractivity contribution in [1.29, 1.82) is 0 Å². The first-order valence-electron chi connectivity index (χ1n) is 11.3. The topological polar surface area (TPSA) is 106 Å². The maximum atomic E-state index is 14.6. The molecule has 0 bridgehead atoms. The van der Waals surface area contributed by atoms with E-state index < -0.39 is 5.82 Å². The summed E-state index contributed by atoms with van der Waals surface area (Å²) >= 11 is 0. The summed E-state index contributed by atoms with van der Waals surface area (Å²) in [5.74, 6) is -0.0939. The smallest absolute Gasteiger partial charge is 0.365 e. The van der Waals surface area contributed by atoms with E-state index in [9.17, 15) is 9.18 Å². The quantitative estimate of drug-likeness (QED) is 0.588. The van der Waals surface area contributed by atoms with Crippen molar-refractivity contribution < 1.29 is 4.39 Å². The van der Waals surface area contributed by atoms with Crippen LogP contribution in [-0.4, -0.2) is 58.8 Å². The Hall–Kier alpha value is -3.34. The maximum absolute atomic E-state index is 14.6. The van der Waals surface area contributed by atoms with Gasteiger partial charge in [-0.3, -0.25) is 4.90 Å². The van der Waals surface area contributed by atoms with Crippen LogP contribution in [0.2, 0.25) is 0 Å². The minimum atomic E-state index is -0.504. The second kappa shape index (κ2) is 8.46. The van der Waals surface area contributed by atoms with Crippen LogP contribution in [0, 0.1) is 12.7 Å². The van der Waals surface area contributed by atoms with Crippen LogP contribution in [0.4, 0.5) is 21.8 Å². The fourth-order valence-electron chi connectivity index (χ4n) is 4.70. The third kappa shape index (κ3) is 4.52. The van der Waals surface area contributed by atoms with Gasteiger partial charge in [0.15, 0.2) is 11.6 Å². The number of rotatable bonds is 5. The lowest BCUT2D eigenvalue weighted by atomic mass is 9.77. The van der Waals surface area contributed by atoms with Crippen LogP contribution in [0.1, 0.15) is 46.1 Å². The van der Waals surface area contributed by atoms with Crippen molar-refractivity contribution in [3.63, 3.8) is 0 Å². The largest absolute Gasteiger partial charge is 0.368 e. The summed E-state index contributed by atoms with van der Waals surface area (Å²) in [7, 11) is 3.67. The number of likely N-dealkylation sites (tertiary alicyclic amines) is 1. The van der Waals surface area contributed by atoms with Crippen LogP contribution < -0.4 is 16.3 Å². The lowest BCUT2D eigenvalue weighted by Gasteiger charge is -2.53. The van der Waals surface area contributed by atoms with Crippen molar-refractivity contribution in [1.82, 2.24) is 34.7 Å². The molecule has 0 amide bonds. The highest BCUT2D eigenvalue weighted by molar-refractivity contribution is 5.60. The maximum Gasteiger partial charge on any atom is 0.368 e. The molecule has 2 aromatic heterocycles. The van der Waals surface area contributed by atoms with Gasteiger partial charge in [-0.15, -0.1) is 0 Å². The predicted molar refractivity (Wildman–Crippen MR) is 129 cm³/mol. The molecule has 11 heteroatoms. The highest BCUT2D eigenvalue weighted by atomic mass is 19.1. The third-order valence-electron chi connectivity index (χ3n) is 6.81. The molecule has 0 atom stereocenters. The summed E-state index contributed by atoms with van der Waals surface area (Å²) in [6.45, 7) is 10.7. The molecule has 0 unspecified atom stereocenters. The summed E-state index contributed by atoms with van der Waals surface area (Å²) in [4.78, 5) is 23.1. The van der Waals surface area contributed by atoms with Crippen LogP contribution in [0.25, 0.3) is 5.69 Å². The first-order valence-corrected chi connectivity index (χ1v) is 11.3. The van der Waals surface area contributed by atoms with Gasteiger partial charge in [0.25, 0.3) is 0 Å². The zero-order valence-corrected chi connectivity index (χ0v) is 20.7. The van der Waals surface area contributed by atoms with E-state index in [0.29, 0.717) is 11.4 Å². The summed E-state index contributed by atoms with van der Waals surface area (Å²) in [5, 5.41) is 14.1. The van der Waals surface area contributed by atoms with Crippen molar-refractivity contribution >= 4 is 17.5 Å². The number of piperidine rings is 1. The Balaban J connectivity index is 1.57. The molecule has 10 nitrogen and oxygen atoms in total. The Kier molecular flexibility index (Phi) is 5.92. The van der Waals surface area contributed by atoms with Gasteiger partial charge in [-0.2, -0.15) is 14.3 Å². The molecule has 1 aliphatic heterocycles. The van der Waals surface area contributed by atoms with Crippen LogP contribution in [0.5, 0.6) is 0 Å². The van der Waals surface area contributed by atoms with Crippen molar-refractivity contribution in [3.05, 3.63) is 46.3 Å². The zero-order chi connectivity index (χ0) is 24.8. The number of tetrazole rings is 1. The fourth-order valence-corrected chi connectivity index (χ4v) is 4.70. The summed E-state index contributed by atoms with van der Waals surface area (Å²) < 4.78 is 17.0. The number of hydrogen-bond donors (Lipinski definition) is 2. The molecule has 1 aromatic carbocycles. The first-order chi connectivity index (χ1) is 15.9. The van der Waals surface area contributed by atoms with E-state index in [-0.39, 0.29) is 34.6 Å². The molecule has 3 heterocycles. The highest BCUT2D eigenvalue weighted by Crippen LogP contribution is 2.38. The van der Waals surface area contributed by atoms with Gasteiger partial charge in [0.2, 0.25) is 5.95 Å². The van der Waals surface area contributed by atoms with Gasteiger partial charge < -0.3 is 10.6 Å². The molecular formula is C23H32FN9O. The molecule has 0 radical (unpaired) electrons. The molecule has 34 heavy (non-hydrogen) atoms. The summed E-state index contributed by atoms with van der Waals surface area (Å²) in [5.41, 5.74) is 1.63. The molecule has 1 saturated heterocycles. The Labute approximate surface area is 198 Å². The highest BCUT2D eigenvalue weighted by Gasteiger charge is 2.43. The number of benzene rings is 1. The van der Waals surface area contributed by atoms with Crippen molar-refractivity contribution in [2.24, 2.45) is 7.05 Å². The minimum Gasteiger partial charge on any atom is -0.365 e. The molecule has 2 N–H and O–H groups in total. The molecule has 1 fully saturated rings. The fraction of sp³-hybridized carbons (Fsp3) is 0.522. The van der Waals surface area contributed by atoms with E-state index in [0.717, 1.165) is 29.3 Å². The Morgan fingerprint density at radius 1 is 1.09 bits per heavy atom.